The largest absolute Gasteiger partial charge is 0.619 e. The van der Waals surface area contributed by atoms with Crippen LogP contribution >= 0.6 is 35.0 Å². The molecule has 0 radical (unpaired) electrons. The highest BCUT2D eigenvalue weighted by atomic mass is 35.5. The molecule has 2 aromatic carbocycles. The van der Waals surface area contributed by atoms with Crippen LogP contribution in [0.2, 0.25) is 10.0 Å². The molecule has 13 heteroatoms. The van der Waals surface area contributed by atoms with E-state index in [9.17, 15) is 23.6 Å². The number of carbonyl (C=O) groups is 2. The smallest absolute Gasteiger partial charge is 0.387 e. The summed E-state index contributed by atoms with van der Waals surface area (Å²) in [4.78, 5) is 28.3. The molecule has 1 aliphatic carbocycles. The highest BCUT2D eigenvalue weighted by Gasteiger charge is 2.36. The maximum Gasteiger partial charge on any atom is 0.387 e. The summed E-state index contributed by atoms with van der Waals surface area (Å²) >= 11 is 14.1. The molecule has 43 heavy (non-hydrogen) atoms. The molecule has 1 saturated heterocycles. The average Bonchev–Trinajstić information content (AvgIpc) is 3.69. The summed E-state index contributed by atoms with van der Waals surface area (Å²) in [5.41, 5.74) is 1.32. The maximum atomic E-state index is 13.6. The predicted molar refractivity (Wildman–Crippen MR) is 158 cm³/mol. The van der Waals surface area contributed by atoms with Gasteiger partial charge in [-0.15, -0.1) is 11.8 Å². The molecule has 2 heterocycles. The number of aromatic nitrogens is 1. The zero-order valence-electron chi connectivity index (χ0n) is 22.8. The van der Waals surface area contributed by atoms with Gasteiger partial charge in [0.2, 0.25) is 0 Å². The lowest BCUT2D eigenvalue weighted by molar-refractivity contribution is -0.605. The Kier molecular flexibility index (Phi) is 10.3. The summed E-state index contributed by atoms with van der Waals surface area (Å²) in [5.74, 6) is 0.164. The monoisotopic (exact) mass is 652 g/mol. The van der Waals surface area contributed by atoms with Crippen molar-refractivity contribution in [3.05, 3.63) is 92.9 Å². The second-order valence-corrected chi connectivity index (χ2v) is 12.2. The number of halogens is 4. The molecule has 1 aliphatic heterocycles. The SMILES string of the molecule is O=C(CN1CCS[C@H]1C(=O)O[C@@H](Cc1c(Cl)c[n+]([O-])cc1Cl)c1ccc(OC(F)F)c(OCC2CC2)c1)c1ccccc1. The first-order valence-electron chi connectivity index (χ1n) is 13.6. The average molecular weight is 654 g/mol. The summed E-state index contributed by atoms with van der Waals surface area (Å²) in [6.07, 6.45) is 3.21. The third-order valence-electron chi connectivity index (χ3n) is 7.06. The summed E-state index contributed by atoms with van der Waals surface area (Å²) in [5, 5.41) is 11.2. The van der Waals surface area contributed by atoms with E-state index >= 15 is 0 Å². The molecule has 2 aliphatic rings. The topological polar surface area (TPSA) is 92.0 Å². The number of rotatable bonds is 13. The van der Waals surface area contributed by atoms with E-state index in [2.05, 4.69) is 4.74 Å². The lowest BCUT2D eigenvalue weighted by Crippen LogP contribution is -2.39. The van der Waals surface area contributed by atoms with E-state index in [4.69, 9.17) is 32.7 Å². The van der Waals surface area contributed by atoms with E-state index in [1.54, 1.807) is 29.2 Å². The zero-order valence-corrected chi connectivity index (χ0v) is 25.1. The Hall–Kier alpha value is -3.12. The molecule has 2 fully saturated rings. The van der Waals surface area contributed by atoms with Crippen LogP contribution in [0.3, 0.4) is 0 Å². The van der Waals surface area contributed by atoms with Gasteiger partial charge in [-0.3, -0.25) is 9.69 Å². The van der Waals surface area contributed by atoms with Gasteiger partial charge in [0.05, 0.1) is 13.2 Å². The van der Waals surface area contributed by atoms with Crippen LogP contribution in [0.15, 0.2) is 60.9 Å². The van der Waals surface area contributed by atoms with Gasteiger partial charge < -0.3 is 19.4 Å². The van der Waals surface area contributed by atoms with Gasteiger partial charge in [-0.25, -0.2) is 4.79 Å². The number of Topliss-reactive ketones (excluding diaryl/α,β-unsaturated/α-hetero) is 1. The van der Waals surface area contributed by atoms with Crippen molar-refractivity contribution in [2.24, 2.45) is 5.92 Å². The molecular weight excluding hydrogens is 625 g/mol. The molecule has 0 amide bonds. The fourth-order valence-electron chi connectivity index (χ4n) is 4.64. The third kappa shape index (κ3) is 8.29. The predicted octanol–water partition coefficient (Wildman–Crippen LogP) is 6.10. The van der Waals surface area contributed by atoms with Crippen molar-refractivity contribution >= 4 is 46.7 Å². The molecule has 0 bridgehead atoms. The number of ketones is 1. The first-order valence-corrected chi connectivity index (χ1v) is 15.4. The first kappa shape index (κ1) is 31.3. The number of esters is 1. The quantitative estimate of drug-likeness (QED) is 0.0947. The minimum Gasteiger partial charge on any atom is -0.619 e. The summed E-state index contributed by atoms with van der Waals surface area (Å²) in [6, 6.07) is 13.1. The molecule has 8 nitrogen and oxygen atoms in total. The number of nitrogens with zero attached hydrogens (tertiary/aromatic N) is 2. The summed E-state index contributed by atoms with van der Waals surface area (Å²) < 4.78 is 43.2. The second kappa shape index (κ2) is 14.1. The molecule has 228 valence electrons. The highest BCUT2D eigenvalue weighted by Crippen LogP contribution is 2.38. The number of alkyl halides is 2. The maximum absolute atomic E-state index is 13.6. The Morgan fingerprint density at radius 2 is 1.79 bits per heavy atom. The van der Waals surface area contributed by atoms with Crippen molar-refractivity contribution in [3.63, 3.8) is 0 Å². The van der Waals surface area contributed by atoms with Gasteiger partial charge in [0, 0.05) is 29.8 Å². The summed E-state index contributed by atoms with van der Waals surface area (Å²) in [6.45, 7) is -2.20. The van der Waals surface area contributed by atoms with E-state index in [0.29, 0.717) is 46.2 Å². The standard InChI is InChI=1S/C30H28Cl2F2N2O6S/c31-22-14-36(39)15-23(32)21(22)13-26(20-8-9-25(42-30(33)34)27(12-20)40-17-18-6-7-18)41-29(38)28-35(10-11-43-28)16-24(37)19-4-2-1-3-5-19/h1-5,8-9,12,14-15,18,26,28,30H,6-7,10-11,13,16-17H2/t26-,28-/m0/s1. The molecule has 0 unspecified atom stereocenters. The van der Waals surface area contributed by atoms with E-state index in [0.717, 1.165) is 25.2 Å². The molecule has 1 aromatic heterocycles. The van der Waals surface area contributed by atoms with E-state index < -0.39 is 24.1 Å². The lowest BCUT2D eigenvalue weighted by Gasteiger charge is -2.26. The first-order chi connectivity index (χ1) is 20.7. The Labute approximate surface area is 261 Å². The van der Waals surface area contributed by atoms with Crippen LogP contribution in [0.25, 0.3) is 0 Å². The molecule has 0 N–H and O–H groups in total. The number of hydrogen-bond acceptors (Lipinski definition) is 8. The number of ether oxygens (including phenoxy) is 3. The number of pyridine rings is 1. The highest BCUT2D eigenvalue weighted by molar-refractivity contribution is 8.00. The van der Waals surface area contributed by atoms with Crippen LogP contribution < -0.4 is 14.2 Å². The minimum absolute atomic E-state index is 0.0261. The van der Waals surface area contributed by atoms with E-state index in [1.807, 2.05) is 6.07 Å². The van der Waals surface area contributed by atoms with Crippen LogP contribution in [0.5, 0.6) is 11.5 Å². The van der Waals surface area contributed by atoms with Crippen molar-refractivity contribution in [2.45, 2.75) is 37.4 Å². The molecule has 2 atom stereocenters. The van der Waals surface area contributed by atoms with Gasteiger partial charge >= 0.3 is 12.6 Å². The lowest BCUT2D eigenvalue weighted by atomic mass is 10.0. The molecular formula is C30H28Cl2F2N2O6S. The minimum atomic E-state index is -3.06. The van der Waals surface area contributed by atoms with E-state index in [-0.39, 0.29) is 40.3 Å². The van der Waals surface area contributed by atoms with Crippen molar-refractivity contribution in [3.8, 4) is 11.5 Å². The zero-order chi connectivity index (χ0) is 30.5. The van der Waals surface area contributed by atoms with E-state index in [1.165, 1.54) is 30.0 Å². The second-order valence-electron chi connectivity index (χ2n) is 10.2. The van der Waals surface area contributed by atoms with Crippen molar-refractivity contribution in [2.75, 3.05) is 25.4 Å². The van der Waals surface area contributed by atoms with Crippen molar-refractivity contribution in [1.29, 1.82) is 0 Å². The Morgan fingerprint density at radius 1 is 1.07 bits per heavy atom. The fourth-order valence-corrected chi connectivity index (χ4v) is 6.39. The van der Waals surface area contributed by atoms with Gasteiger partial charge in [0.25, 0.3) is 0 Å². The Morgan fingerprint density at radius 3 is 2.47 bits per heavy atom. The number of benzene rings is 2. The summed E-state index contributed by atoms with van der Waals surface area (Å²) in [7, 11) is 0. The van der Waals surface area contributed by atoms with Crippen LogP contribution in [0.4, 0.5) is 8.78 Å². The number of hydrogen-bond donors (Lipinski definition) is 0. The Bertz CT molecular complexity index is 1440. The number of thioether (sulfide) groups is 1. The van der Waals surface area contributed by atoms with Crippen molar-refractivity contribution in [1.82, 2.24) is 4.90 Å². The third-order valence-corrected chi connectivity index (χ3v) is 8.94. The van der Waals surface area contributed by atoms with Crippen molar-refractivity contribution < 1.29 is 37.3 Å². The number of carbonyl (C=O) groups excluding carboxylic acids is 2. The molecule has 1 saturated carbocycles. The van der Waals surface area contributed by atoms with Crippen LogP contribution in [0.1, 0.15) is 40.4 Å². The van der Waals surface area contributed by atoms with Crippen LogP contribution in [0, 0.1) is 11.1 Å². The molecule has 5 rings (SSSR count). The molecule has 3 aromatic rings. The normalized spacial score (nSPS) is 17.6. The fraction of sp³-hybridized carbons (Fsp3) is 0.367. The molecule has 0 spiro atoms. The van der Waals surface area contributed by atoms with Gasteiger partial charge in [0.1, 0.15) is 16.1 Å². The van der Waals surface area contributed by atoms with Crippen LogP contribution in [-0.4, -0.2) is 54.1 Å². The van der Waals surface area contributed by atoms with Gasteiger partial charge in [-0.2, -0.15) is 13.5 Å². The van der Waals surface area contributed by atoms with Gasteiger partial charge in [-0.1, -0.05) is 59.6 Å². The van der Waals surface area contributed by atoms with Gasteiger partial charge in [0.15, 0.2) is 35.0 Å². The Balaban J connectivity index is 1.41. The van der Waals surface area contributed by atoms with Crippen LogP contribution in [-0.2, 0) is 16.0 Å². The van der Waals surface area contributed by atoms with Gasteiger partial charge in [-0.05, 0) is 36.5 Å².